The average Bonchev–Trinajstić information content (AvgIpc) is 2.59. The van der Waals surface area contributed by atoms with Crippen molar-refractivity contribution in [3.63, 3.8) is 0 Å². The van der Waals surface area contributed by atoms with Crippen LogP contribution in [0.25, 0.3) is 0 Å². The Balaban J connectivity index is 1.42. The number of ether oxygens (including phenoxy) is 2. The predicted octanol–water partition coefficient (Wildman–Crippen LogP) is 2.73. The fraction of sp³-hybridized carbons (Fsp3) is 0.235. The lowest BCUT2D eigenvalue weighted by atomic mass is 10.2. The molecule has 0 fully saturated rings. The van der Waals surface area contributed by atoms with Gasteiger partial charge in [0.25, 0.3) is 0 Å². The highest BCUT2D eigenvalue weighted by molar-refractivity contribution is 8.00. The van der Waals surface area contributed by atoms with E-state index in [0.29, 0.717) is 18.9 Å². The molecule has 1 unspecified atom stereocenters. The molecule has 2 aromatic carbocycles. The zero-order valence-electron chi connectivity index (χ0n) is 12.0. The van der Waals surface area contributed by atoms with E-state index in [4.69, 9.17) is 9.47 Å². The van der Waals surface area contributed by atoms with Crippen molar-refractivity contribution in [3.8, 4) is 11.5 Å². The number of carbonyl (C=O) groups is 1. The van der Waals surface area contributed by atoms with Crippen LogP contribution in [0.1, 0.15) is 0 Å². The summed E-state index contributed by atoms with van der Waals surface area (Å²) in [5, 5.41) is 2.89. The van der Waals surface area contributed by atoms with Gasteiger partial charge in [0.2, 0.25) is 5.91 Å². The molecule has 1 aliphatic heterocycles. The Morgan fingerprint density at radius 3 is 2.64 bits per heavy atom. The molecule has 0 bridgehead atoms. The average molecular weight is 315 g/mol. The number of nitrogens with one attached hydrogen (secondary N) is 1. The van der Waals surface area contributed by atoms with Gasteiger partial charge in [-0.15, -0.1) is 11.8 Å². The molecule has 5 heteroatoms. The van der Waals surface area contributed by atoms with E-state index in [2.05, 4.69) is 5.32 Å². The number of carbonyl (C=O) groups excluding carboxylic acids is 1. The number of para-hydroxylation sites is 2. The highest BCUT2D eigenvalue weighted by Gasteiger charge is 2.20. The van der Waals surface area contributed by atoms with E-state index in [-0.39, 0.29) is 12.0 Å². The first kappa shape index (κ1) is 14.8. The molecule has 0 radical (unpaired) electrons. The zero-order valence-corrected chi connectivity index (χ0v) is 12.8. The van der Waals surface area contributed by atoms with Crippen molar-refractivity contribution in [3.05, 3.63) is 54.6 Å². The minimum Gasteiger partial charge on any atom is -0.486 e. The van der Waals surface area contributed by atoms with E-state index in [1.54, 1.807) is 0 Å². The second-order valence-corrected chi connectivity index (χ2v) is 5.95. The summed E-state index contributed by atoms with van der Waals surface area (Å²) in [6, 6.07) is 17.4. The van der Waals surface area contributed by atoms with Gasteiger partial charge in [0.15, 0.2) is 11.5 Å². The van der Waals surface area contributed by atoms with Crippen LogP contribution in [0.4, 0.5) is 0 Å². The Kier molecular flexibility index (Phi) is 4.85. The van der Waals surface area contributed by atoms with Crippen LogP contribution in [0.2, 0.25) is 0 Å². The number of fused-ring (bicyclic) bond motifs is 1. The lowest BCUT2D eigenvalue weighted by molar-refractivity contribution is -0.119. The summed E-state index contributed by atoms with van der Waals surface area (Å²) in [5.41, 5.74) is 0. The first-order valence-electron chi connectivity index (χ1n) is 7.14. The van der Waals surface area contributed by atoms with Crippen LogP contribution in [0.15, 0.2) is 59.5 Å². The SMILES string of the molecule is O=C(CSc1ccccc1)NCC1COc2ccccc2O1. The van der Waals surface area contributed by atoms with Gasteiger partial charge in [-0.25, -0.2) is 0 Å². The number of rotatable bonds is 5. The van der Waals surface area contributed by atoms with Crippen LogP contribution in [0.3, 0.4) is 0 Å². The van der Waals surface area contributed by atoms with Gasteiger partial charge in [-0.2, -0.15) is 0 Å². The Hall–Kier alpha value is -2.14. The topological polar surface area (TPSA) is 47.6 Å². The Bertz CT molecular complexity index is 633. The molecule has 4 nitrogen and oxygen atoms in total. The van der Waals surface area contributed by atoms with Gasteiger partial charge in [-0.3, -0.25) is 4.79 Å². The van der Waals surface area contributed by atoms with Gasteiger partial charge in [0.1, 0.15) is 12.7 Å². The van der Waals surface area contributed by atoms with Crippen molar-refractivity contribution < 1.29 is 14.3 Å². The van der Waals surface area contributed by atoms with Gasteiger partial charge in [-0.05, 0) is 24.3 Å². The maximum absolute atomic E-state index is 11.9. The molecule has 1 amide bonds. The van der Waals surface area contributed by atoms with Crippen molar-refractivity contribution in [2.75, 3.05) is 18.9 Å². The molecule has 2 aromatic rings. The van der Waals surface area contributed by atoms with Crippen molar-refractivity contribution >= 4 is 17.7 Å². The van der Waals surface area contributed by atoms with Gasteiger partial charge in [-0.1, -0.05) is 30.3 Å². The summed E-state index contributed by atoms with van der Waals surface area (Å²) in [6.45, 7) is 0.894. The highest BCUT2D eigenvalue weighted by Crippen LogP contribution is 2.30. The minimum atomic E-state index is -0.152. The van der Waals surface area contributed by atoms with E-state index in [0.717, 1.165) is 16.4 Å². The summed E-state index contributed by atoms with van der Waals surface area (Å²) < 4.78 is 11.4. The Labute approximate surface area is 133 Å². The third-order valence-corrected chi connectivity index (χ3v) is 4.22. The smallest absolute Gasteiger partial charge is 0.230 e. The summed E-state index contributed by atoms with van der Waals surface area (Å²) in [5.74, 6) is 1.88. The van der Waals surface area contributed by atoms with Crippen molar-refractivity contribution in [1.82, 2.24) is 5.32 Å². The largest absolute Gasteiger partial charge is 0.486 e. The summed E-state index contributed by atoms with van der Waals surface area (Å²) in [4.78, 5) is 13.0. The molecule has 22 heavy (non-hydrogen) atoms. The number of thioether (sulfide) groups is 1. The zero-order chi connectivity index (χ0) is 15.2. The molecule has 1 N–H and O–H groups in total. The number of hydrogen-bond donors (Lipinski definition) is 1. The quantitative estimate of drug-likeness (QED) is 0.862. The summed E-state index contributed by atoms with van der Waals surface area (Å²) in [6.07, 6.45) is -0.152. The fourth-order valence-corrected chi connectivity index (χ4v) is 2.86. The Morgan fingerprint density at radius 1 is 1.09 bits per heavy atom. The van der Waals surface area contributed by atoms with E-state index in [9.17, 15) is 4.79 Å². The maximum atomic E-state index is 11.9. The third kappa shape index (κ3) is 3.95. The van der Waals surface area contributed by atoms with Crippen molar-refractivity contribution in [2.24, 2.45) is 0 Å². The number of benzene rings is 2. The molecular weight excluding hydrogens is 298 g/mol. The molecule has 1 aliphatic rings. The summed E-state index contributed by atoms with van der Waals surface area (Å²) >= 11 is 1.52. The summed E-state index contributed by atoms with van der Waals surface area (Å²) in [7, 11) is 0. The molecular formula is C17H17NO3S. The fourth-order valence-electron chi connectivity index (χ4n) is 2.11. The standard InChI is InChI=1S/C17H17NO3S/c19-17(12-22-14-6-2-1-3-7-14)18-10-13-11-20-15-8-4-5-9-16(15)21-13/h1-9,13H,10-12H2,(H,18,19). The van der Waals surface area contributed by atoms with Crippen LogP contribution in [0, 0.1) is 0 Å². The first-order chi connectivity index (χ1) is 10.8. The molecule has 3 rings (SSSR count). The molecule has 1 atom stereocenters. The van der Waals surface area contributed by atoms with Crippen LogP contribution in [-0.4, -0.2) is 30.9 Å². The first-order valence-corrected chi connectivity index (χ1v) is 8.13. The minimum absolute atomic E-state index is 0.00342. The third-order valence-electron chi connectivity index (χ3n) is 3.21. The predicted molar refractivity (Wildman–Crippen MR) is 86.5 cm³/mol. The van der Waals surface area contributed by atoms with Gasteiger partial charge >= 0.3 is 0 Å². The molecule has 114 valence electrons. The second-order valence-electron chi connectivity index (χ2n) is 4.90. The van der Waals surface area contributed by atoms with Crippen molar-refractivity contribution in [2.45, 2.75) is 11.0 Å². The maximum Gasteiger partial charge on any atom is 0.230 e. The number of hydrogen-bond acceptors (Lipinski definition) is 4. The van der Waals surface area contributed by atoms with Gasteiger partial charge in [0, 0.05) is 4.90 Å². The highest BCUT2D eigenvalue weighted by atomic mass is 32.2. The van der Waals surface area contributed by atoms with Crippen LogP contribution >= 0.6 is 11.8 Å². The van der Waals surface area contributed by atoms with Gasteiger partial charge < -0.3 is 14.8 Å². The second kappa shape index (κ2) is 7.22. The monoisotopic (exact) mass is 315 g/mol. The van der Waals surface area contributed by atoms with E-state index in [1.165, 1.54) is 11.8 Å². The lowest BCUT2D eigenvalue weighted by Gasteiger charge is -2.26. The van der Waals surface area contributed by atoms with Crippen LogP contribution in [0.5, 0.6) is 11.5 Å². The van der Waals surface area contributed by atoms with Crippen LogP contribution in [-0.2, 0) is 4.79 Å². The molecule has 0 spiro atoms. The molecule has 0 saturated heterocycles. The van der Waals surface area contributed by atoms with E-state index < -0.39 is 0 Å². The Morgan fingerprint density at radius 2 is 1.82 bits per heavy atom. The molecule has 0 aliphatic carbocycles. The van der Waals surface area contributed by atoms with Gasteiger partial charge in [0.05, 0.1) is 12.3 Å². The number of amides is 1. The lowest BCUT2D eigenvalue weighted by Crippen LogP contribution is -2.41. The van der Waals surface area contributed by atoms with Crippen molar-refractivity contribution in [1.29, 1.82) is 0 Å². The molecule has 1 heterocycles. The van der Waals surface area contributed by atoms with Crippen LogP contribution < -0.4 is 14.8 Å². The normalized spacial score (nSPS) is 16.1. The van der Waals surface area contributed by atoms with E-state index >= 15 is 0 Å². The molecule has 0 aromatic heterocycles. The van der Waals surface area contributed by atoms with E-state index in [1.807, 2.05) is 54.6 Å². The molecule has 0 saturated carbocycles.